The van der Waals surface area contributed by atoms with Gasteiger partial charge in [0.1, 0.15) is 17.7 Å². The Morgan fingerprint density at radius 3 is 2.49 bits per heavy atom. The molecule has 5 rings (SSSR count). The first-order valence-corrected chi connectivity index (χ1v) is 16.5. The maximum absolute atomic E-state index is 14.5. The summed E-state index contributed by atoms with van der Waals surface area (Å²) in [5.41, 5.74) is 0.467. The van der Waals surface area contributed by atoms with Gasteiger partial charge in [0.25, 0.3) is 0 Å². The number of esters is 1. The average molecular weight is 644 g/mol. The minimum atomic E-state index is -1.18. The van der Waals surface area contributed by atoms with Gasteiger partial charge in [-0.25, -0.2) is 0 Å². The Balaban J connectivity index is 1.42. The molecule has 2 bridgehead atoms. The minimum absolute atomic E-state index is 0.0374. The summed E-state index contributed by atoms with van der Waals surface area (Å²) in [6, 6.07) is 17.9. The molecule has 0 radical (unpaired) electrons. The smallest absolute Gasteiger partial charge is 0.313 e. The van der Waals surface area contributed by atoms with Crippen LogP contribution in [0, 0.1) is 11.8 Å². The van der Waals surface area contributed by atoms with Gasteiger partial charge in [0, 0.05) is 32.7 Å². The number of nitrogens with one attached hydrogen (secondary N) is 1. The number of nitrogens with zero attached hydrogens (tertiary/aromatic N) is 2. The van der Waals surface area contributed by atoms with Crippen molar-refractivity contribution in [1.29, 1.82) is 0 Å². The van der Waals surface area contributed by atoms with Crippen LogP contribution in [0.15, 0.2) is 86.0 Å². The predicted molar refractivity (Wildman–Crippen MR) is 175 cm³/mol. The predicted octanol–water partition coefficient (Wildman–Crippen LogP) is 3.72. The molecular weight excluding hydrogens is 598 g/mol. The van der Waals surface area contributed by atoms with Crippen molar-refractivity contribution in [3.8, 4) is 0 Å². The number of carbonyl (C=O) groups excluding carboxylic acids is 4. The number of hydrogen-bond acceptors (Lipinski definition) is 7. The number of hydrogen-bond donors (Lipinski definition) is 2. The maximum Gasteiger partial charge on any atom is 0.313 e. The van der Waals surface area contributed by atoms with Gasteiger partial charge in [-0.15, -0.1) is 13.2 Å². The van der Waals surface area contributed by atoms with E-state index in [-0.39, 0.29) is 50.4 Å². The average Bonchev–Trinajstić information content (AvgIpc) is 3.73. The summed E-state index contributed by atoms with van der Waals surface area (Å²) in [4.78, 5) is 58.6. The standard InChI is InChI=1S/C37H45N3O7/c1-3-5-18-30(42)38-24-29(27-16-10-7-11-17-27)46-36(45)31-28-19-20-37(47-28)32(31)34(43)40(22-12-13-23-41)33(37)35(44)39(21-4-2)25-26-14-8-6-9-15-26/h3-4,6-11,14-17,28-29,31-33,41H,1-2,5,12-13,18-25H2,(H,38,42)/t28-,29+,31+,32+,33-,37+/m0/s1. The van der Waals surface area contributed by atoms with E-state index >= 15 is 0 Å². The molecule has 3 amide bonds. The van der Waals surface area contributed by atoms with Crippen molar-refractivity contribution in [2.45, 2.75) is 68.9 Å². The maximum atomic E-state index is 14.5. The molecule has 0 saturated carbocycles. The van der Waals surface area contributed by atoms with Crippen LogP contribution >= 0.6 is 0 Å². The lowest BCUT2D eigenvalue weighted by molar-refractivity contribution is -0.160. The van der Waals surface area contributed by atoms with Crippen molar-refractivity contribution in [3.63, 3.8) is 0 Å². The number of ether oxygens (including phenoxy) is 2. The second-order valence-electron chi connectivity index (χ2n) is 12.5. The van der Waals surface area contributed by atoms with Gasteiger partial charge >= 0.3 is 5.97 Å². The quantitative estimate of drug-likeness (QED) is 0.153. The van der Waals surface area contributed by atoms with Gasteiger partial charge in [-0.3, -0.25) is 19.2 Å². The van der Waals surface area contributed by atoms with Crippen LogP contribution in [0.25, 0.3) is 0 Å². The molecule has 2 aromatic rings. The summed E-state index contributed by atoms with van der Waals surface area (Å²) in [7, 11) is 0. The number of fused-ring (bicyclic) bond motifs is 1. The van der Waals surface area contributed by atoms with Gasteiger partial charge < -0.3 is 29.7 Å². The van der Waals surface area contributed by atoms with Crippen LogP contribution in [0.1, 0.15) is 55.8 Å². The molecule has 2 aromatic carbocycles. The number of amides is 3. The Morgan fingerprint density at radius 1 is 1.09 bits per heavy atom. The molecule has 1 spiro atoms. The first-order valence-electron chi connectivity index (χ1n) is 16.5. The number of likely N-dealkylation sites (tertiary alicyclic amines) is 1. The highest BCUT2D eigenvalue weighted by molar-refractivity contribution is 5.98. The summed E-state index contributed by atoms with van der Waals surface area (Å²) < 4.78 is 12.7. The van der Waals surface area contributed by atoms with Gasteiger partial charge in [-0.05, 0) is 43.2 Å². The highest BCUT2D eigenvalue weighted by atomic mass is 16.6. The molecule has 0 aromatic heterocycles. The first kappa shape index (κ1) is 34.1. The zero-order valence-electron chi connectivity index (χ0n) is 26.8. The Bertz CT molecular complexity index is 1430. The number of benzene rings is 2. The number of allylic oxidation sites excluding steroid dienone is 1. The molecule has 0 unspecified atom stereocenters. The zero-order chi connectivity index (χ0) is 33.4. The number of carbonyl (C=O) groups is 4. The van der Waals surface area contributed by atoms with Crippen LogP contribution < -0.4 is 5.32 Å². The monoisotopic (exact) mass is 643 g/mol. The lowest BCUT2D eigenvalue weighted by Crippen LogP contribution is -2.56. The molecule has 3 aliphatic rings. The first-order chi connectivity index (χ1) is 22.8. The third-order valence-electron chi connectivity index (χ3n) is 9.48. The van der Waals surface area contributed by atoms with Gasteiger partial charge in [0.05, 0.1) is 24.5 Å². The van der Waals surface area contributed by atoms with Gasteiger partial charge in [-0.2, -0.15) is 0 Å². The third kappa shape index (κ3) is 7.18. The Labute approximate surface area is 276 Å². The van der Waals surface area contributed by atoms with Crippen LogP contribution in [0.2, 0.25) is 0 Å². The summed E-state index contributed by atoms with van der Waals surface area (Å²) in [5.74, 6) is -3.13. The summed E-state index contributed by atoms with van der Waals surface area (Å²) in [6.07, 6.45) is 4.69. The van der Waals surface area contributed by atoms with Crippen LogP contribution in [-0.2, 0) is 35.2 Å². The highest BCUT2D eigenvalue weighted by Crippen LogP contribution is 2.59. The van der Waals surface area contributed by atoms with Gasteiger partial charge in [0.15, 0.2) is 0 Å². The number of unbranched alkanes of at least 4 members (excludes halogenated alkanes) is 1. The molecule has 3 saturated heterocycles. The highest BCUT2D eigenvalue weighted by Gasteiger charge is 2.75. The van der Waals surface area contributed by atoms with E-state index in [0.29, 0.717) is 44.2 Å². The van der Waals surface area contributed by atoms with Crippen LogP contribution in [0.3, 0.4) is 0 Å². The SMILES string of the molecule is C=CCCC(=O)NC[C@@H](OC(=O)[C@@H]1[C@@H]2CC[C@]3(O2)[C@H](C(=O)N(CC=C)Cc2ccccc2)N(CCCCO)C(=O)[C@@H]13)c1ccccc1. The Morgan fingerprint density at radius 2 is 1.81 bits per heavy atom. The number of aliphatic hydroxyl groups is 1. The molecule has 6 atom stereocenters. The molecular formula is C37H45N3O7. The van der Waals surface area contributed by atoms with Crippen molar-refractivity contribution in [1.82, 2.24) is 15.1 Å². The Hall–Kier alpha value is -4.28. The van der Waals surface area contributed by atoms with E-state index in [1.165, 1.54) is 0 Å². The van der Waals surface area contributed by atoms with Crippen molar-refractivity contribution in [2.75, 3.05) is 26.2 Å². The topological polar surface area (TPSA) is 125 Å². The van der Waals surface area contributed by atoms with Crippen LogP contribution in [-0.4, -0.2) is 82.6 Å². The Kier molecular flexibility index (Phi) is 11.3. The molecule has 3 fully saturated rings. The lowest BCUT2D eigenvalue weighted by atomic mass is 9.70. The molecule has 2 N–H and O–H groups in total. The van der Waals surface area contributed by atoms with Crippen LogP contribution in [0.4, 0.5) is 0 Å². The molecule has 10 heteroatoms. The van der Waals surface area contributed by atoms with E-state index < -0.39 is 41.7 Å². The molecule has 47 heavy (non-hydrogen) atoms. The fraction of sp³-hybridized carbons (Fsp3) is 0.459. The van der Waals surface area contributed by atoms with E-state index in [2.05, 4.69) is 18.5 Å². The van der Waals surface area contributed by atoms with E-state index in [4.69, 9.17) is 9.47 Å². The normalized spacial score (nSPS) is 24.8. The van der Waals surface area contributed by atoms with E-state index in [9.17, 15) is 24.3 Å². The van der Waals surface area contributed by atoms with Crippen molar-refractivity contribution < 1.29 is 33.8 Å². The minimum Gasteiger partial charge on any atom is -0.455 e. The summed E-state index contributed by atoms with van der Waals surface area (Å²) >= 11 is 0. The molecule has 3 aliphatic heterocycles. The van der Waals surface area contributed by atoms with Crippen molar-refractivity contribution in [3.05, 3.63) is 97.1 Å². The van der Waals surface area contributed by atoms with E-state index in [1.54, 1.807) is 22.0 Å². The van der Waals surface area contributed by atoms with E-state index in [0.717, 1.165) is 5.56 Å². The van der Waals surface area contributed by atoms with E-state index in [1.807, 2.05) is 60.7 Å². The van der Waals surface area contributed by atoms with Gasteiger partial charge in [-0.1, -0.05) is 72.8 Å². The fourth-order valence-corrected chi connectivity index (χ4v) is 7.34. The van der Waals surface area contributed by atoms with Crippen LogP contribution in [0.5, 0.6) is 0 Å². The largest absolute Gasteiger partial charge is 0.455 e. The lowest BCUT2D eigenvalue weighted by Gasteiger charge is -2.37. The summed E-state index contributed by atoms with van der Waals surface area (Å²) in [6.45, 7) is 8.40. The third-order valence-corrected chi connectivity index (χ3v) is 9.48. The molecule has 0 aliphatic carbocycles. The molecule has 250 valence electrons. The zero-order valence-corrected chi connectivity index (χ0v) is 26.8. The summed E-state index contributed by atoms with van der Waals surface area (Å²) in [5, 5.41) is 12.3. The van der Waals surface area contributed by atoms with Crippen molar-refractivity contribution >= 4 is 23.7 Å². The fourth-order valence-electron chi connectivity index (χ4n) is 7.34. The number of aliphatic hydroxyl groups excluding tert-OH is 1. The van der Waals surface area contributed by atoms with Gasteiger partial charge in [0.2, 0.25) is 17.7 Å². The second kappa shape index (κ2) is 15.5. The molecule has 10 nitrogen and oxygen atoms in total. The number of rotatable bonds is 17. The molecule has 3 heterocycles. The van der Waals surface area contributed by atoms with Crippen molar-refractivity contribution in [2.24, 2.45) is 11.8 Å². The second-order valence-corrected chi connectivity index (χ2v) is 12.5.